The van der Waals surface area contributed by atoms with Gasteiger partial charge < -0.3 is 5.32 Å². The number of aryl methyl sites for hydroxylation is 1. The smallest absolute Gasteiger partial charge is 0.244 e. The van der Waals surface area contributed by atoms with E-state index in [-0.39, 0.29) is 5.91 Å². The summed E-state index contributed by atoms with van der Waals surface area (Å²) >= 11 is 0. The Morgan fingerprint density at radius 3 is 2.79 bits per heavy atom. The lowest BCUT2D eigenvalue weighted by molar-refractivity contribution is -0.120. The largest absolute Gasteiger partial charge is 0.308 e. The first-order valence-corrected chi connectivity index (χ1v) is 8.00. The van der Waals surface area contributed by atoms with Crippen molar-refractivity contribution in [1.82, 2.24) is 14.1 Å². The van der Waals surface area contributed by atoms with Crippen LogP contribution in [0.2, 0.25) is 0 Å². The Bertz CT molecular complexity index is 566. The van der Waals surface area contributed by atoms with E-state index in [0.717, 1.165) is 19.1 Å². The zero-order chi connectivity index (χ0) is 14.0. The highest BCUT2D eigenvalue weighted by molar-refractivity contribution is 7.88. The monoisotopic (exact) mass is 286 g/mol. The topological polar surface area (TPSA) is 84.3 Å². The van der Waals surface area contributed by atoms with E-state index in [1.165, 1.54) is 4.31 Å². The van der Waals surface area contributed by atoms with Crippen molar-refractivity contribution in [2.75, 3.05) is 18.1 Å². The summed E-state index contributed by atoms with van der Waals surface area (Å²) in [5.41, 5.74) is 0. The Hall–Kier alpha value is -1.41. The minimum atomic E-state index is -3.36. The van der Waals surface area contributed by atoms with E-state index in [1.807, 2.05) is 0 Å². The molecule has 19 heavy (non-hydrogen) atoms. The molecule has 0 unspecified atom stereocenters. The zero-order valence-electron chi connectivity index (χ0n) is 11.0. The number of carbonyl (C=O) groups is 1. The molecule has 1 fully saturated rings. The SMILES string of the molecule is Cn1ccc(NC(=O)[C@H]2CCCCN2S(C)(=O)=O)n1. The van der Waals surface area contributed by atoms with Gasteiger partial charge in [0.2, 0.25) is 15.9 Å². The third kappa shape index (κ3) is 3.32. The van der Waals surface area contributed by atoms with Crippen LogP contribution in [0.1, 0.15) is 19.3 Å². The minimum absolute atomic E-state index is 0.316. The quantitative estimate of drug-likeness (QED) is 0.858. The Kier molecular flexibility index (Phi) is 3.91. The van der Waals surface area contributed by atoms with Gasteiger partial charge >= 0.3 is 0 Å². The van der Waals surface area contributed by atoms with Crippen molar-refractivity contribution < 1.29 is 13.2 Å². The Morgan fingerprint density at radius 1 is 1.47 bits per heavy atom. The molecular formula is C11H18N4O3S. The lowest BCUT2D eigenvalue weighted by Crippen LogP contribution is -2.49. The molecule has 7 nitrogen and oxygen atoms in total. The van der Waals surface area contributed by atoms with Crippen LogP contribution in [0.4, 0.5) is 5.82 Å². The molecule has 1 aromatic heterocycles. The summed E-state index contributed by atoms with van der Waals surface area (Å²) in [5.74, 6) is 0.121. The van der Waals surface area contributed by atoms with Crippen molar-refractivity contribution in [2.45, 2.75) is 25.3 Å². The fourth-order valence-electron chi connectivity index (χ4n) is 2.26. The molecule has 0 bridgehead atoms. The van der Waals surface area contributed by atoms with Crippen molar-refractivity contribution >= 4 is 21.7 Å². The van der Waals surface area contributed by atoms with Crippen LogP contribution in [-0.4, -0.2) is 47.3 Å². The maximum atomic E-state index is 12.2. The van der Waals surface area contributed by atoms with Gasteiger partial charge in [-0.1, -0.05) is 6.42 Å². The first-order chi connectivity index (χ1) is 8.88. The van der Waals surface area contributed by atoms with E-state index in [2.05, 4.69) is 10.4 Å². The number of rotatable bonds is 3. The van der Waals surface area contributed by atoms with Gasteiger partial charge in [0.25, 0.3) is 0 Å². The van der Waals surface area contributed by atoms with Gasteiger partial charge in [-0.25, -0.2) is 8.42 Å². The number of carbonyl (C=O) groups excluding carboxylic acids is 1. The molecule has 1 atom stereocenters. The number of nitrogens with one attached hydrogen (secondary N) is 1. The number of sulfonamides is 1. The summed E-state index contributed by atoms with van der Waals surface area (Å²) in [5, 5.41) is 6.71. The molecule has 8 heteroatoms. The number of hydrogen-bond donors (Lipinski definition) is 1. The molecule has 0 spiro atoms. The van der Waals surface area contributed by atoms with Crippen molar-refractivity contribution in [1.29, 1.82) is 0 Å². The van der Waals surface area contributed by atoms with E-state index >= 15 is 0 Å². The average molecular weight is 286 g/mol. The lowest BCUT2D eigenvalue weighted by atomic mass is 10.0. The predicted molar refractivity (Wildman–Crippen MR) is 71.0 cm³/mol. The van der Waals surface area contributed by atoms with Gasteiger partial charge in [-0.15, -0.1) is 0 Å². The summed E-state index contributed by atoms with van der Waals surface area (Å²) in [4.78, 5) is 12.2. The first-order valence-electron chi connectivity index (χ1n) is 6.15. The second-order valence-electron chi connectivity index (χ2n) is 4.75. The molecule has 0 aromatic carbocycles. The normalized spacial score (nSPS) is 21.3. The Balaban J connectivity index is 2.12. The molecular weight excluding hydrogens is 268 g/mol. The maximum Gasteiger partial charge on any atom is 0.244 e. The molecule has 0 aliphatic carbocycles. The van der Waals surface area contributed by atoms with Crippen LogP contribution in [-0.2, 0) is 21.9 Å². The van der Waals surface area contributed by atoms with Crippen LogP contribution in [0.5, 0.6) is 0 Å². The lowest BCUT2D eigenvalue weighted by Gasteiger charge is -2.32. The molecule has 0 radical (unpaired) electrons. The standard InChI is InChI=1S/C11H18N4O3S/c1-14-8-6-10(13-14)12-11(16)9-5-3-4-7-15(9)19(2,17)18/h6,8-9H,3-5,7H2,1-2H3,(H,12,13,16)/t9-/m1/s1. The molecule has 1 amide bonds. The van der Waals surface area contributed by atoms with Gasteiger partial charge in [0.15, 0.2) is 5.82 Å². The molecule has 1 aliphatic heterocycles. The van der Waals surface area contributed by atoms with Crippen LogP contribution in [0.3, 0.4) is 0 Å². The summed E-state index contributed by atoms with van der Waals surface area (Å²) in [7, 11) is -1.61. The molecule has 0 saturated carbocycles. The average Bonchev–Trinajstić information content (AvgIpc) is 2.73. The highest BCUT2D eigenvalue weighted by Gasteiger charge is 2.34. The van der Waals surface area contributed by atoms with Gasteiger partial charge in [0, 0.05) is 25.9 Å². The number of aromatic nitrogens is 2. The predicted octanol–water partition coefficient (Wildman–Crippen LogP) is 0.173. The van der Waals surface area contributed by atoms with E-state index in [4.69, 9.17) is 0 Å². The van der Waals surface area contributed by atoms with E-state index in [9.17, 15) is 13.2 Å². The van der Waals surface area contributed by atoms with E-state index in [0.29, 0.717) is 18.8 Å². The third-order valence-corrected chi connectivity index (χ3v) is 4.44. The van der Waals surface area contributed by atoms with Crippen LogP contribution >= 0.6 is 0 Å². The maximum absolute atomic E-state index is 12.2. The molecule has 1 aromatic rings. The fourth-order valence-corrected chi connectivity index (χ4v) is 3.38. The van der Waals surface area contributed by atoms with Gasteiger partial charge in [0.1, 0.15) is 6.04 Å². The summed E-state index contributed by atoms with van der Waals surface area (Å²) in [6.07, 6.45) is 5.04. The van der Waals surface area contributed by atoms with Crippen molar-refractivity contribution in [3.8, 4) is 0 Å². The highest BCUT2D eigenvalue weighted by Crippen LogP contribution is 2.21. The van der Waals surface area contributed by atoms with Crippen LogP contribution in [0.15, 0.2) is 12.3 Å². The zero-order valence-corrected chi connectivity index (χ0v) is 11.9. The van der Waals surface area contributed by atoms with Crippen LogP contribution < -0.4 is 5.32 Å². The number of nitrogens with zero attached hydrogens (tertiary/aromatic N) is 3. The van der Waals surface area contributed by atoms with Gasteiger partial charge in [-0.05, 0) is 12.8 Å². The van der Waals surface area contributed by atoms with Crippen molar-refractivity contribution in [3.63, 3.8) is 0 Å². The number of piperidine rings is 1. The molecule has 106 valence electrons. The van der Waals surface area contributed by atoms with Gasteiger partial charge in [-0.2, -0.15) is 9.40 Å². The molecule has 2 heterocycles. The molecule has 1 aliphatic rings. The van der Waals surface area contributed by atoms with Gasteiger partial charge in [0.05, 0.1) is 6.26 Å². The number of anilines is 1. The first kappa shape index (κ1) is 14.0. The third-order valence-electron chi connectivity index (χ3n) is 3.15. The minimum Gasteiger partial charge on any atom is -0.308 e. The Labute approximate surface area is 112 Å². The van der Waals surface area contributed by atoms with Crippen LogP contribution in [0.25, 0.3) is 0 Å². The Morgan fingerprint density at radius 2 is 2.21 bits per heavy atom. The summed E-state index contributed by atoms with van der Waals surface area (Å²) in [6, 6.07) is 1.04. The fraction of sp³-hybridized carbons (Fsp3) is 0.636. The van der Waals surface area contributed by atoms with Crippen molar-refractivity contribution in [3.05, 3.63) is 12.3 Å². The molecule has 1 N–H and O–H groups in total. The van der Waals surface area contributed by atoms with Crippen LogP contribution in [0, 0.1) is 0 Å². The highest BCUT2D eigenvalue weighted by atomic mass is 32.2. The number of hydrogen-bond acceptors (Lipinski definition) is 4. The second-order valence-corrected chi connectivity index (χ2v) is 6.68. The molecule has 1 saturated heterocycles. The number of amides is 1. The second kappa shape index (κ2) is 5.30. The summed E-state index contributed by atoms with van der Waals surface area (Å²) in [6.45, 7) is 0.402. The van der Waals surface area contributed by atoms with E-state index in [1.54, 1.807) is 24.0 Å². The van der Waals surface area contributed by atoms with E-state index < -0.39 is 16.1 Å². The summed E-state index contributed by atoms with van der Waals surface area (Å²) < 4.78 is 26.2. The van der Waals surface area contributed by atoms with Crippen molar-refractivity contribution in [2.24, 2.45) is 7.05 Å². The van der Waals surface area contributed by atoms with Gasteiger partial charge in [-0.3, -0.25) is 9.48 Å². The molecule has 2 rings (SSSR count).